The van der Waals surface area contributed by atoms with E-state index in [0.717, 1.165) is 68.9 Å². The first-order valence-corrected chi connectivity index (χ1v) is 30.6. The number of phenolic OH excluding ortho intramolecular Hbond substituents is 4. The molecule has 5 aliphatic heterocycles. The van der Waals surface area contributed by atoms with Gasteiger partial charge < -0.3 is 88.4 Å². The number of carbonyl (C=O) groups excluding carboxylic acids is 8. The van der Waals surface area contributed by atoms with Gasteiger partial charge in [0.05, 0.1) is 22.5 Å². The third kappa shape index (κ3) is 13.1. The Morgan fingerprint density at radius 3 is 1.80 bits per heavy atom. The van der Waals surface area contributed by atoms with E-state index in [-0.39, 0.29) is 84.8 Å². The quantitative estimate of drug-likeness (QED) is 0.0905. The van der Waals surface area contributed by atoms with E-state index in [2.05, 4.69) is 42.5 Å². The van der Waals surface area contributed by atoms with Gasteiger partial charge in [0, 0.05) is 23.7 Å². The fraction of sp³-hybridized carbons (Fsp3) is 0.406. The fourth-order valence-corrected chi connectivity index (χ4v) is 14.7. The predicted octanol–water partition coefficient (Wildman–Crippen LogP) is 4.64. The first-order valence-electron chi connectivity index (χ1n) is 29.9. The van der Waals surface area contributed by atoms with E-state index < -0.39 is 143 Å². The third-order valence-electron chi connectivity index (χ3n) is 18.1. The number of rotatable bonds is 10. The number of carbonyl (C=O) groups is 8. The minimum absolute atomic E-state index is 0.0299. The van der Waals surface area contributed by atoms with Crippen molar-refractivity contribution in [1.82, 2.24) is 42.5 Å². The summed E-state index contributed by atoms with van der Waals surface area (Å²) < 4.78 is 12.4. The standard InChI is InChI=1S/C64H69Cl2N9O16/c1-26(2)10-39(68-3)57(83)74-52-54(80)31-5-8-43(37(65)15-31)90-45-17-33-18-46(56(45)82)91-44-9-6-32(16-38(44)66)55(81)53-63(89)73-51(59(85)69-25-64-22-27-11-28(23-64)13-29(12-27)24-64)36-19-34(76)20-42(78)48(36)35-14-30(4-7-41(35)77)49(60(86)75-53)72-61(87)50(33)71-58(84)40(21-47(67)79)70-62(52)88/h4-9,14-20,26-29,39-40,49-55,68,76-78,80-82H,10-13,21-25H2,1-3H3,(H2,67,79)(H,69,85)(H,70,88)(H,71,84)(H,72,87)(H,73,89)(H,74,83)(H,75,86)/t27?,28?,29?,39-,40-,49+,50+,51-,52+,53-,54+,55+,64?/m0/s1. The van der Waals surface area contributed by atoms with Gasteiger partial charge in [-0.3, -0.25) is 38.4 Å². The lowest BCUT2D eigenvalue weighted by Crippen LogP contribution is -2.59. The van der Waals surface area contributed by atoms with E-state index in [1.165, 1.54) is 55.6 Å². The minimum atomic E-state index is -2.14. The van der Waals surface area contributed by atoms with Crippen LogP contribution in [0.15, 0.2) is 78.9 Å². The number of fused-ring (bicyclic) bond motifs is 15. The van der Waals surface area contributed by atoms with E-state index in [1.54, 1.807) is 0 Å². The van der Waals surface area contributed by atoms with Gasteiger partial charge >= 0.3 is 0 Å². The average Bonchev–Trinajstić information content (AvgIpc) is 0.782. The van der Waals surface area contributed by atoms with Gasteiger partial charge in [-0.25, -0.2) is 0 Å². The van der Waals surface area contributed by atoms with Crippen LogP contribution in [0.25, 0.3) is 11.1 Å². The second-order valence-corrected chi connectivity index (χ2v) is 26.0. The van der Waals surface area contributed by atoms with Crippen molar-refractivity contribution < 1.29 is 78.5 Å². The number of aliphatic hydroxyl groups excluding tert-OH is 2. The molecule has 0 radical (unpaired) electrons. The number of primary amides is 1. The Morgan fingerprint density at radius 2 is 1.22 bits per heavy atom. The number of aromatic hydroxyl groups is 4. The molecule has 91 heavy (non-hydrogen) atoms. The van der Waals surface area contributed by atoms with Crippen LogP contribution in [0, 0.1) is 29.1 Å². The maximum atomic E-state index is 15.6. The van der Waals surface area contributed by atoms with Gasteiger partial charge in [0.2, 0.25) is 53.0 Å². The summed E-state index contributed by atoms with van der Waals surface area (Å²) in [4.78, 5) is 118. The summed E-state index contributed by atoms with van der Waals surface area (Å²) in [5.74, 6) is -11.6. The summed E-state index contributed by atoms with van der Waals surface area (Å²) in [5.41, 5.74) is 3.92. The van der Waals surface area contributed by atoms with Crippen LogP contribution in [0.2, 0.25) is 10.0 Å². The Balaban J connectivity index is 1.06. The molecule has 4 aliphatic carbocycles. The molecular weight excluding hydrogens is 1220 g/mol. The van der Waals surface area contributed by atoms with E-state index >= 15 is 19.2 Å². The topological polar surface area (TPSA) is 399 Å². The lowest BCUT2D eigenvalue weighted by atomic mass is 9.49. The summed E-state index contributed by atoms with van der Waals surface area (Å²) in [5, 5.41) is 91.9. The lowest BCUT2D eigenvalue weighted by Gasteiger charge is -2.57. The summed E-state index contributed by atoms with van der Waals surface area (Å²) in [6.45, 7) is 3.93. The normalized spacial score (nSPS) is 27.2. The molecular formula is C64H69Cl2N9O16. The smallest absolute Gasteiger partial charge is 0.248 e. The molecule has 8 amide bonds. The molecule has 16 N–H and O–H groups in total. The molecule has 0 spiro atoms. The van der Waals surface area contributed by atoms with Gasteiger partial charge in [-0.15, -0.1) is 0 Å². The van der Waals surface area contributed by atoms with Crippen LogP contribution in [0.4, 0.5) is 0 Å². The Labute approximate surface area is 531 Å². The van der Waals surface area contributed by atoms with Crippen molar-refractivity contribution in [3.8, 4) is 57.1 Å². The molecule has 0 saturated heterocycles. The molecule has 5 aromatic rings. The van der Waals surface area contributed by atoms with Gasteiger partial charge in [0.1, 0.15) is 77.2 Å². The molecule has 14 rings (SSSR count). The number of phenols is 4. The van der Waals surface area contributed by atoms with E-state index in [1.807, 2.05) is 13.8 Å². The molecule has 4 fully saturated rings. The number of nitrogens with one attached hydrogen (secondary N) is 8. The monoisotopic (exact) mass is 1290 g/mol. The molecule has 4 saturated carbocycles. The summed E-state index contributed by atoms with van der Waals surface area (Å²) in [6.07, 6.45) is 1.34. The van der Waals surface area contributed by atoms with Gasteiger partial charge in [-0.05, 0) is 163 Å². The Kier molecular flexibility index (Phi) is 17.8. The first-order chi connectivity index (χ1) is 43.2. The Morgan fingerprint density at radius 1 is 0.648 bits per heavy atom. The molecule has 9 atom stereocenters. The zero-order chi connectivity index (χ0) is 65.1. The number of hydrogen-bond donors (Lipinski definition) is 15. The summed E-state index contributed by atoms with van der Waals surface area (Å²) in [7, 11) is 1.51. The highest BCUT2D eigenvalue weighted by Crippen LogP contribution is 2.60. The number of amides is 8. The summed E-state index contributed by atoms with van der Waals surface area (Å²) in [6, 6.07) is 2.17. The van der Waals surface area contributed by atoms with Gasteiger partial charge in [-0.2, -0.15) is 0 Å². The highest BCUT2D eigenvalue weighted by molar-refractivity contribution is 6.32. The molecule has 9 aliphatic rings. The van der Waals surface area contributed by atoms with Crippen LogP contribution in [-0.2, 0) is 38.4 Å². The van der Waals surface area contributed by atoms with Crippen molar-refractivity contribution >= 4 is 70.5 Å². The SMILES string of the molecule is CN[C@@H](CC(C)C)C(=O)N[C@H]1C(=O)N[C@@H](CC(N)=O)C(=O)N[C@H]2C(=O)N[C@H]3C(=O)N[C@H](C(=O)N[C@H](C(=O)NCC45CC6CC(CC(C6)C4)C5)c4cc(O)cc(O)c4-c4cc3ccc4O)[C@H](O)c3ccc(c(Cl)c3)Oc3cc2cc(c3O)Oc2ccc(cc2Cl)[C@H]1O. The highest BCUT2D eigenvalue weighted by Gasteiger charge is 2.51. The maximum absolute atomic E-state index is 15.6. The largest absolute Gasteiger partial charge is 0.508 e. The van der Waals surface area contributed by atoms with E-state index in [0.29, 0.717) is 17.8 Å². The molecule has 15 bridgehead atoms. The van der Waals surface area contributed by atoms with E-state index in [9.17, 15) is 49.8 Å². The zero-order valence-corrected chi connectivity index (χ0v) is 51.0. The summed E-state index contributed by atoms with van der Waals surface area (Å²) >= 11 is 13.7. The maximum Gasteiger partial charge on any atom is 0.248 e. The zero-order valence-electron chi connectivity index (χ0n) is 49.5. The Bertz CT molecular complexity index is 3780. The third-order valence-corrected chi connectivity index (χ3v) is 18.7. The van der Waals surface area contributed by atoms with Gasteiger partial charge in [-0.1, -0.05) is 55.2 Å². The molecule has 480 valence electrons. The van der Waals surface area contributed by atoms with Crippen molar-refractivity contribution in [2.75, 3.05) is 13.6 Å². The van der Waals surface area contributed by atoms with Crippen molar-refractivity contribution in [2.45, 2.75) is 120 Å². The van der Waals surface area contributed by atoms with E-state index in [4.69, 9.17) is 38.4 Å². The number of halogens is 2. The number of likely N-dealkylation sites (N-methyl/N-ethyl adjacent to an activating group) is 1. The van der Waals surface area contributed by atoms with Crippen LogP contribution in [0.3, 0.4) is 0 Å². The molecule has 0 unspecified atom stereocenters. The second-order valence-electron chi connectivity index (χ2n) is 25.2. The minimum Gasteiger partial charge on any atom is -0.508 e. The molecule has 5 aromatic carbocycles. The van der Waals surface area contributed by atoms with Crippen molar-refractivity contribution in [3.63, 3.8) is 0 Å². The molecule has 27 heteroatoms. The lowest BCUT2D eigenvalue weighted by molar-refractivity contribution is -0.138. The van der Waals surface area contributed by atoms with Crippen LogP contribution < -0.4 is 57.7 Å². The van der Waals surface area contributed by atoms with Gasteiger partial charge in [0.25, 0.3) is 0 Å². The van der Waals surface area contributed by atoms with Crippen molar-refractivity contribution in [2.24, 2.45) is 34.8 Å². The number of aliphatic hydroxyl groups is 2. The van der Waals surface area contributed by atoms with Crippen molar-refractivity contribution in [1.29, 1.82) is 0 Å². The van der Waals surface area contributed by atoms with Crippen molar-refractivity contribution in [3.05, 3.63) is 117 Å². The molecule has 5 heterocycles. The second kappa shape index (κ2) is 25.4. The van der Waals surface area contributed by atoms with Gasteiger partial charge in [0.15, 0.2) is 11.5 Å². The number of ether oxygens (including phenoxy) is 2. The highest BCUT2D eigenvalue weighted by atomic mass is 35.5. The van der Waals surface area contributed by atoms with Crippen LogP contribution >= 0.6 is 23.2 Å². The fourth-order valence-electron chi connectivity index (χ4n) is 14.2. The van der Waals surface area contributed by atoms with Crippen LogP contribution in [0.1, 0.15) is 123 Å². The first kappa shape index (κ1) is 63.7. The Hall–Kier alpha value is -8.88. The molecule has 0 aromatic heterocycles. The molecule has 25 nitrogen and oxygen atoms in total. The number of nitrogens with two attached hydrogens (primary N) is 1. The number of benzene rings is 5. The van der Waals surface area contributed by atoms with Crippen LogP contribution in [0.5, 0.6) is 46.0 Å². The van der Waals surface area contributed by atoms with Crippen LogP contribution in [-0.4, -0.2) is 116 Å². The average molecular weight is 1290 g/mol. The predicted molar refractivity (Wildman–Crippen MR) is 326 cm³/mol. The number of hydrogen-bond acceptors (Lipinski definition) is 17.